The van der Waals surface area contributed by atoms with Crippen molar-refractivity contribution in [3.63, 3.8) is 0 Å². The molecule has 2 aromatic carbocycles. The van der Waals surface area contributed by atoms with Crippen molar-refractivity contribution in [3.8, 4) is 0 Å². The van der Waals surface area contributed by atoms with Crippen molar-refractivity contribution < 1.29 is 19.4 Å². The first kappa shape index (κ1) is 20.6. The molecule has 2 bridgehead atoms. The molecule has 0 radical (unpaired) electrons. The van der Waals surface area contributed by atoms with Gasteiger partial charge in [0.25, 0.3) is 5.91 Å². The molecule has 0 spiro atoms. The number of benzene rings is 2. The Morgan fingerprint density at radius 3 is 2.77 bits per heavy atom. The van der Waals surface area contributed by atoms with E-state index in [1.807, 2.05) is 42.5 Å². The number of hydrogen-bond donors (Lipinski definition) is 3. The Bertz CT molecular complexity index is 899. The molecule has 1 saturated heterocycles. The summed E-state index contributed by atoms with van der Waals surface area (Å²) in [5, 5.41) is 16.1. The number of aliphatic hydroxyl groups excluding tert-OH is 1. The first-order valence-corrected chi connectivity index (χ1v) is 10.6. The predicted octanol–water partition coefficient (Wildman–Crippen LogP) is 2.55. The molecule has 0 saturated carbocycles. The SMILES string of the molecule is O=C(CCCc1ccc2c(c1)[C@@H]1C[C@@H](N2)[C@H](O)CO1)C(=O)NCCc1ccccc1. The Morgan fingerprint density at radius 2 is 1.93 bits per heavy atom. The second-order valence-electron chi connectivity index (χ2n) is 8.07. The highest BCUT2D eigenvalue weighted by atomic mass is 16.5. The lowest BCUT2D eigenvalue weighted by Crippen LogP contribution is -2.45. The number of nitrogens with one attached hydrogen (secondary N) is 2. The first-order valence-electron chi connectivity index (χ1n) is 10.6. The van der Waals surface area contributed by atoms with Crippen LogP contribution in [0.3, 0.4) is 0 Å². The topological polar surface area (TPSA) is 87.7 Å². The third kappa shape index (κ3) is 4.89. The van der Waals surface area contributed by atoms with Crippen molar-refractivity contribution >= 4 is 17.4 Å². The third-order valence-corrected chi connectivity index (χ3v) is 5.87. The lowest BCUT2D eigenvalue weighted by molar-refractivity contribution is -0.137. The molecule has 2 heterocycles. The van der Waals surface area contributed by atoms with E-state index in [1.165, 1.54) is 0 Å². The smallest absolute Gasteiger partial charge is 0.287 e. The van der Waals surface area contributed by atoms with Gasteiger partial charge in [0.2, 0.25) is 5.78 Å². The van der Waals surface area contributed by atoms with Gasteiger partial charge in [0.15, 0.2) is 0 Å². The molecular formula is C24H28N2O4. The van der Waals surface area contributed by atoms with Crippen LogP contribution in [0.1, 0.15) is 42.1 Å². The van der Waals surface area contributed by atoms with Crippen molar-refractivity contribution in [3.05, 3.63) is 65.2 Å². The van der Waals surface area contributed by atoms with E-state index in [2.05, 4.69) is 16.7 Å². The van der Waals surface area contributed by atoms with Crippen LogP contribution in [0.15, 0.2) is 48.5 Å². The Kier molecular flexibility index (Phi) is 6.45. The van der Waals surface area contributed by atoms with Crippen LogP contribution in [0.25, 0.3) is 0 Å². The maximum atomic E-state index is 12.1. The summed E-state index contributed by atoms with van der Waals surface area (Å²) in [6.07, 6.45) is 2.61. The maximum Gasteiger partial charge on any atom is 0.287 e. The molecule has 1 amide bonds. The molecule has 3 atom stereocenters. The summed E-state index contributed by atoms with van der Waals surface area (Å²) < 4.78 is 5.79. The van der Waals surface area contributed by atoms with Gasteiger partial charge in [-0.2, -0.15) is 0 Å². The normalized spacial score (nSPS) is 22.0. The third-order valence-electron chi connectivity index (χ3n) is 5.87. The van der Waals surface area contributed by atoms with Gasteiger partial charge in [0, 0.05) is 30.6 Å². The zero-order valence-electron chi connectivity index (χ0n) is 17.0. The molecule has 1 fully saturated rings. The Hall–Kier alpha value is -2.70. The first-order chi connectivity index (χ1) is 14.6. The van der Waals surface area contributed by atoms with Crippen LogP contribution in [0, 0.1) is 0 Å². The van der Waals surface area contributed by atoms with Crippen molar-refractivity contribution in [1.29, 1.82) is 0 Å². The molecule has 4 rings (SSSR count). The Morgan fingerprint density at radius 1 is 1.10 bits per heavy atom. The second kappa shape index (κ2) is 9.41. The van der Waals surface area contributed by atoms with Gasteiger partial charge in [0.1, 0.15) is 0 Å². The molecule has 158 valence electrons. The number of hydrogen-bond acceptors (Lipinski definition) is 5. The van der Waals surface area contributed by atoms with E-state index in [4.69, 9.17) is 4.74 Å². The highest BCUT2D eigenvalue weighted by molar-refractivity contribution is 6.36. The fourth-order valence-corrected chi connectivity index (χ4v) is 4.15. The summed E-state index contributed by atoms with van der Waals surface area (Å²) in [5.74, 6) is -0.865. The maximum absolute atomic E-state index is 12.1. The number of anilines is 1. The van der Waals surface area contributed by atoms with Crippen molar-refractivity contribution in [2.45, 2.75) is 50.4 Å². The number of carbonyl (C=O) groups excluding carboxylic acids is 2. The molecule has 0 aromatic heterocycles. The quantitative estimate of drug-likeness (QED) is 0.585. The van der Waals surface area contributed by atoms with Gasteiger partial charge in [-0.15, -0.1) is 0 Å². The van der Waals surface area contributed by atoms with E-state index in [-0.39, 0.29) is 24.3 Å². The summed E-state index contributed by atoms with van der Waals surface area (Å²) in [6, 6.07) is 16.1. The molecule has 2 aliphatic rings. The molecule has 3 N–H and O–H groups in total. The van der Waals surface area contributed by atoms with Crippen molar-refractivity contribution in [1.82, 2.24) is 5.32 Å². The molecule has 0 aliphatic carbocycles. The monoisotopic (exact) mass is 408 g/mol. The molecule has 6 nitrogen and oxygen atoms in total. The zero-order valence-corrected chi connectivity index (χ0v) is 17.0. The molecule has 30 heavy (non-hydrogen) atoms. The number of ether oxygens (including phenoxy) is 1. The molecule has 2 aromatic rings. The Labute approximate surface area is 176 Å². The Balaban J connectivity index is 1.22. The number of amides is 1. The number of carbonyl (C=O) groups is 2. The van der Waals surface area contributed by atoms with E-state index in [9.17, 15) is 14.7 Å². The standard InChI is InChI=1S/C24H28N2O4/c27-21(24(29)25-12-11-16-5-2-1-3-6-16)8-4-7-17-9-10-19-18(13-17)23-14-20(26-19)22(28)15-30-23/h1-3,5-6,9-10,13,20,22-23,26,28H,4,7-8,11-12,14-15H2,(H,25,29)/t20-,22-,23+/m1/s1. The largest absolute Gasteiger partial charge is 0.389 e. The summed E-state index contributed by atoms with van der Waals surface area (Å²) in [6.45, 7) is 0.809. The number of aliphatic hydroxyl groups is 1. The zero-order chi connectivity index (χ0) is 20.9. The number of ketones is 1. The molecule has 2 aliphatic heterocycles. The lowest BCUT2D eigenvalue weighted by Gasteiger charge is -2.40. The minimum absolute atomic E-state index is 0.00613. The van der Waals surface area contributed by atoms with Crippen molar-refractivity contribution in [2.75, 3.05) is 18.5 Å². The number of fused-ring (bicyclic) bond motifs is 4. The highest BCUT2D eigenvalue weighted by Crippen LogP contribution is 2.39. The van der Waals surface area contributed by atoms with Crippen LogP contribution < -0.4 is 10.6 Å². The average molecular weight is 408 g/mol. The highest BCUT2D eigenvalue weighted by Gasteiger charge is 2.36. The lowest BCUT2D eigenvalue weighted by atomic mass is 9.88. The predicted molar refractivity (Wildman–Crippen MR) is 114 cm³/mol. The summed E-state index contributed by atoms with van der Waals surface area (Å²) in [4.78, 5) is 24.1. The summed E-state index contributed by atoms with van der Waals surface area (Å²) in [5.41, 5.74) is 4.38. The summed E-state index contributed by atoms with van der Waals surface area (Å²) in [7, 11) is 0. The van der Waals surface area contributed by atoms with Gasteiger partial charge in [-0.05, 0) is 36.5 Å². The molecular weight excluding hydrogens is 380 g/mol. The van der Waals surface area contributed by atoms with E-state index in [0.717, 1.165) is 35.2 Å². The van der Waals surface area contributed by atoms with Crippen LogP contribution in [0.2, 0.25) is 0 Å². The minimum Gasteiger partial charge on any atom is -0.389 e. The van der Waals surface area contributed by atoms with E-state index >= 15 is 0 Å². The second-order valence-corrected chi connectivity index (χ2v) is 8.07. The average Bonchev–Trinajstić information content (AvgIpc) is 2.77. The van der Waals surface area contributed by atoms with Crippen molar-refractivity contribution in [2.24, 2.45) is 0 Å². The minimum atomic E-state index is -0.499. The number of Topliss-reactive ketones (excluding diaryl/α,β-unsaturated/α-hetero) is 1. The van der Waals surface area contributed by atoms with Crippen LogP contribution in [0.4, 0.5) is 5.69 Å². The van der Waals surface area contributed by atoms with Crippen LogP contribution >= 0.6 is 0 Å². The molecule has 0 unspecified atom stereocenters. The molecule has 6 heteroatoms. The van der Waals surface area contributed by atoms with E-state index in [1.54, 1.807) is 0 Å². The fraction of sp³-hybridized carbons (Fsp3) is 0.417. The van der Waals surface area contributed by atoms with Crippen LogP contribution in [-0.4, -0.2) is 42.1 Å². The van der Waals surface area contributed by atoms with E-state index < -0.39 is 12.0 Å². The van der Waals surface area contributed by atoms with E-state index in [0.29, 0.717) is 26.0 Å². The fourth-order valence-electron chi connectivity index (χ4n) is 4.15. The number of rotatable bonds is 8. The van der Waals surface area contributed by atoms with Gasteiger partial charge in [-0.3, -0.25) is 9.59 Å². The van der Waals surface area contributed by atoms with Gasteiger partial charge in [0.05, 0.1) is 24.9 Å². The van der Waals surface area contributed by atoms with Gasteiger partial charge in [-0.25, -0.2) is 0 Å². The van der Waals surface area contributed by atoms with Crippen LogP contribution in [0.5, 0.6) is 0 Å². The van der Waals surface area contributed by atoms with Crippen LogP contribution in [-0.2, 0) is 27.2 Å². The summed E-state index contributed by atoms with van der Waals surface area (Å²) >= 11 is 0. The van der Waals surface area contributed by atoms with Gasteiger partial charge < -0.3 is 20.5 Å². The van der Waals surface area contributed by atoms with Gasteiger partial charge >= 0.3 is 0 Å². The number of aryl methyl sites for hydroxylation is 1. The van der Waals surface area contributed by atoms with Gasteiger partial charge in [-0.1, -0.05) is 42.5 Å².